The summed E-state index contributed by atoms with van der Waals surface area (Å²) in [5, 5.41) is 17.7. The maximum absolute atomic E-state index is 12.4. The molecule has 3 rings (SSSR count). The lowest BCUT2D eigenvalue weighted by molar-refractivity contribution is -0.384. The number of nitro groups is 1. The topological polar surface area (TPSA) is 136 Å². The molecule has 29 heavy (non-hydrogen) atoms. The van der Waals surface area contributed by atoms with E-state index in [4.69, 9.17) is 0 Å². The molecule has 0 aliphatic carbocycles. The number of anilines is 2. The molecule has 0 unspecified atom stereocenters. The molecule has 0 radical (unpaired) electrons. The zero-order valence-corrected chi connectivity index (χ0v) is 16.1. The molecular formula is C18H17N5O5S. The molecule has 1 heterocycles. The molecule has 150 valence electrons. The summed E-state index contributed by atoms with van der Waals surface area (Å²) >= 11 is 0. The number of nitrogens with one attached hydrogen (secondary N) is 2. The summed E-state index contributed by atoms with van der Waals surface area (Å²) in [7, 11) is -3.38. The smallest absolute Gasteiger partial charge is 0.276 e. The first kappa shape index (κ1) is 20.0. The van der Waals surface area contributed by atoms with Crippen LogP contribution in [0.2, 0.25) is 0 Å². The molecule has 0 fully saturated rings. The molecule has 0 atom stereocenters. The largest absolute Gasteiger partial charge is 0.321 e. The van der Waals surface area contributed by atoms with E-state index in [-0.39, 0.29) is 17.1 Å². The minimum absolute atomic E-state index is 0.0429. The van der Waals surface area contributed by atoms with Gasteiger partial charge in [-0.1, -0.05) is 6.07 Å². The fourth-order valence-electron chi connectivity index (χ4n) is 2.41. The van der Waals surface area contributed by atoms with Gasteiger partial charge in [0.2, 0.25) is 10.0 Å². The molecule has 0 bridgehead atoms. The lowest BCUT2D eigenvalue weighted by atomic mass is 10.3. The minimum Gasteiger partial charge on any atom is -0.321 e. The van der Waals surface area contributed by atoms with Gasteiger partial charge in [0.25, 0.3) is 11.6 Å². The standard InChI is InChI=1S/C18H17N5O5S/c1-2-29(27,28)21-14-8-6-13(7-9-14)19-18(24)17-10-11-22(20-17)15-4-3-5-16(12-15)23(25)26/h3-12,21H,2H2,1H3,(H,19,24). The highest BCUT2D eigenvalue weighted by Crippen LogP contribution is 2.18. The monoisotopic (exact) mass is 415 g/mol. The van der Waals surface area contributed by atoms with Crippen molar-refractivity contribution in [3.05, 3.63) is 76.6 Å². The predicted octanol–water partition coefficient (Wildman–Crippen LogP) is 2.79. The van der Waals surface area contributed by atoms with Crippen LogP contribution < -0.4 is 10.0 Å². The molecule has 1 aromatic heterocycles. The summed E-state index contributed by atoms with van der Waals surface area (Å²) < 4.78 is 26.9. The number of hydrogen-bond donors (Lipinski definition) is 2. The average Bonchev–Trinajstić information content (AvgIpc) is 3.20. The van der Waals surface area contributed by atoms with Crippen LogP contribution in [0, 0.1) is 10.1 Å². The number of carbonyl (C=O) groups excluding carboxylic acids is 1. The van der Waals surface area contributed by atoms with Gasteiger partial charge >= 0.3 is 0 Å². The molecule has 2 aromatic carbocycles. The third-order valence-electron chi connectivity index (χ3n) is 3.92. The maximum Gasteiger partial charge on any atom is 0.276 e. The first-order valence-electron chi connectivity index (χ1n) is 8.50. The summed E-state index contributed by atoms with van der Waals surface area (Å²) in [6.07, 6.45) is 1.52. The van der Waals surface area contributed by atoms with Crippen molar-refractivity contribution in [3.8, 4) is 5.69 Å². The number of non-ortho nitro benzene ring substituents is 1. The van der Waals surface area contributed by atoms with E-state index >= 15 is 0 Å². The third-order valence-corrected chi connectivity index (χ3v) is 5.23. The van der Waals surface area contributed by atoms with Gasteiger partial charge in [0.15, 0.2) is 5.69 Å². The van der Waals surface area contributed by atoms with Crippen molar-refractivity contribution in [3.63, 3.8) is 0 Å². The highest BCUT2D eigenvalue weighted by atomic mass is 32.2. The lowest BCUT2D eigenvalue weighted by Crippen LogP contribution is -2.15. The zero-order chi connectivity index (χ0) is 21.0. The van der Waals surface area contributed by atoms with Gasteiger partial charge in [-0.15, -0.1) is 0 Å². The van der Waals surface area contributed by atoms with Crippen LogP contribution in [-0.2, 0) is 10.0 Å². The first-order chi connectivity index (χ1) is 13.8. The van der Waals surface area contributed by atoms with Crippen molar-refractivity contribution >= 4 is 33.0 Å². The average molecular weight is 415 g/mol. The van der Waals surface area contributed by atoms with Crippen molar-refractivity contribution in [2.24, 2.45) is 0 Å². The number of amides is 1. The van der Waals surface area contributed by atoms with Gasteiger partial charge in [-0.25, -0.2) is 13.1 Å². The Morgan fingerprint density at radius 1 is 1.14 bits per heavy atom. The van der Waals surface area contributed by atoms with Crippen molar-refractivity contribution in [1.29, 1.82) is 0 Å². The Balaban J connectivity index is 1.71. The van der Waals surface area contributed by atoms with E-state index in [0.29, 0.717) is 17.1 Å². The van der Waals surface area contributed by atoms with Gasteiger partial charge in [-0.2, -0.15) is 5.10 Å². The van der Waals surface area contributed by atoms with Crippen molar-refractivity contribution < 1.29 is 18.1 Å². The van der Waals surface area contributed by atoms with Crippen LogP contribution in [0.3, 0.4) is 0 Å². The summed E-state index contributed by atoms with van der Waals surface area (Å²) in [5.74, 6) is -0.519. The highest BCUT2D eigenvalue weighted by molar-refractivity contribution is 7.92. The Morgan fingerprint density at radius 2 is 1.83 bits per heavy atom. The fraction of sp³-hybridized carbons (Fsp3) is 0.111. The normalized spacial score (nSPS) is 11.1. The number of nitro benzene ring substituents is 1. The Hall–Kier alpha value is -3.73. The van der Waals surface area contributed by atoms with Gasteiger partial charge < -0.3 is 5.32 Å². The second kappa shape index (κ2) is 8.10. The van der Waals surface area contributed by atoms with Gasteiger partial charge in [-0.05, 0) is 43.3 Å². The quantitative estimate of drug-likeness (QED) is 0.450. The van der Waals surface area contributed by atoms with Crippen molar-refractivity contribution in [2.75, 3.05) is 15.8 Å². The molecule has 1 amide bonds. The number of rotatable bonds is 7. The molecule has 10 nitrogen and oxygen atoms in total. The summed E-state index contributed by atoms with van der Waals surface area (Å²) in [6, 6.07) is 13.6. The molecule has 2 N–H and O–H groups in total. The van der Waals surface area contributed by atoms with Crippen LogP contribution in [-0.4, -0.2) is 34.8 Å². The van der Waals surface area contributed by atoms with Crippen LogP contribution in [0.5, 0.6) is 0 Å². The Morgan fingerprint density at radius 3 is 2.48 bits per heavy atom. The van der Waals surface area contributed by atoms with E-state index in [9.17, 15) is 23.3 Å². The number of aromatic nitrogens is 2. The predicted molar refractivity (Wildman–Crippen MR) is 108 cm³/mol. The van der Waals surface area contributed by atoms with Gasteiger partial charge in [0.1, 0.15) is 0 Å². The second-order valence-electron chi connectivity index (χ2n) is 5.96. The summed E-state index contributed by atoms with van der Waals surface area (Å²) in [6.45, 7) is 1.53. The summed E-state index contributed by atoms with van der Waals surface area (Å²) in [5.41, 5.74) is 1.33. The fourth-order valence-corrected chi connectivity index (χ4v) is 3.05. The number of hydrogen-bond acceptors (Lipinski definition) is 6. The number of benzene rings is 2. The first-order valence-corrected chi connectivity index (χ1v) is 10.1. The lowest BCUT2D eigenvalue weighted by Gasteiger charge is -2.07. The van der Waals surface area contributed by atoms with Crippen molar-refractivity contribution in [2.45, 2.75) is 6.92 Å². The van der Waals surface area contributed by atoms with Crippen LogP contribution in [0.1, 0.15) is 17.4 Å². The molecule has 3 aromatic rings. The van der Waals surface area contributed by atoms with Crippen molar-refractivity contribution in [1.82, 2.24) is 9.78 Å². The molecule has 0 aliphatic heterocycles. The van der Waals surface area contributed by atoms with Gasteiger partial charge in [0.05, 0.1) is 16.4 Å². The Labute approximate surface area is 166 Å². The Bertz CT molecular complexity index is 1160. The van der Waals surface area contributed by atoms with Crippen LogP contribution in [0.4, 0.5) is 17.1 Å². The third kappa shape index (κ3) is 4.96. The van der Waals surface area contributed by atoms with E-state index in [1.807, 2.05) is 0 Å². The van der Waals surface area contributed by atoms with Crippen LogP contribution in [0.25, 0.3) is 5.69 Å². The highest BCUT2D eigenvalue weighted by Gasteiger charge is 2.13. The second-order valence-corrected chi connectivity index (χ2v) is 7.97. The van der Waals surface area contributed by atoms with E-state index in [1.165, 1.54) is 54.2 Å². The minimum atomic E-state index is -3.38. The van der Waals surface area contributed by atoms with E-state index in [2.05, 4.69) is 15.1 Å². The van der Waals surface area contributed by atoms with Gasteiger partial charge in [-0.3, -0.25) is 19.6 Å². The Kier molecular flexibility index (Phi) is 5.59. The summed E-state index contributed by atoms with van der Waals surface area (Å²) in [4.78, 5) is 22.8. The number of sulfonamides is 1. The number of nitrogens with zero attached hydrogens (tertiary/aromatic N) is 3. The molecule has 0 spiro atoms. The van der Waals surface area contributed by atoms with Crippen LogP contribution >= 0.6 is 0 Å². The van der Waals surface area contributed by atoms with E-state index < -0.39 is 20.9 Å². The van der Waals surface area contributed by atoms with Gasteiger partial charge in [0, 0.05) is 29.7 Å². The van der Waals surface area contributed by atoms with Crippen LogP contribution in [0.15, 0.2) is 60.8 Å². The maximum atomic E-state index is 12.4. The van der Waals surface area contributed by atoms with E-state index in [1.54, 1.807) is 18.2 Å². The SMILES string of the molecule is CCS(=O)(=O)Nc1ccc(NC(=O)c2ccn(-c3cccc([N+](=O)[O-])c3)n2)cc1. The molecule has 0 aliphatic rings. The molecule has 11 heteroatoms. The number of carbonyl (C=O) groups is 1. The molecule has 0 saturated carbocycles. The molecule has 0 saturated heterocycles. The zero-order valence-electron chi connectivity index (χ0n) is 15.3. The molecular weight excluding hydrogens is 398 g/mol. The van der Waals surface area contributed by atoms with E-state index in [0.717, 1.165) is 0 Å².